The molecule has 2 aromatic rings. The number of hydrogen-bond acceptors (Lipinski definition) is 9. The molecule has 35 heavy (non-hydrogen) atoms. The standard InChI is InChI=1S/C24H32FN3O6S/c1-16-22(32-17-8-11-28(12-9-17)21(10-13-29)34-24(2,3)4)26-15-27-23(16)33-20-7-6-18(14-19(20)25)35(5,30)31/h6-7,13-15,17,21H,8-12H2,1-5H3. The van der Waals surface area contributed by atoms with E-state index in [9.17, 15) is 17.6 Å². The summed E-state index contributed by atoms with van der Waals surface area (Å²) in [6, 6.07) is 3.43. The smallest absolute Gasteiger partial charge is 0.229 e. The Kier molecular flexibility index (Phi) is 8.45. The molecule has 2 heterocycles. The van der Waals surface area contributed by atoms with E-state index in [1.165, 1.54) is 18.5 Å². The maximum atomic E-state index is 14.4. The second-order valence-corrected chi connectivity index (χ2v) is 11.5. The van der Waals surface area contributed by atoms with Crippen molar-refractivity contribution in [3.63, 3.8) is 0 Å². The second kappa shape index (κ2) is 11.0. The van der Waals surface area contributed by atoms with Crippen LogP contribution < -0.4 is 9.47 Å². The molecular weight excluding hydrogens is 477 g/mol. The van der Waals surface area contributed by atoms with E-state index in [1.54, 1.807) is 6.92 Å². The van der Waals surface area contributed by atoms with Crippen molar-refractivity contribution in [2.45, 2.75) is 69.8 Å². The predicted molar refractivity (Wildman–Crippen MR) is 127 cm³/mol. The topological polar surface area (TPSA) is 108 Å². The molecule has 0 aliphatic carbocycles. The number of piperidine rings is 1. The minimum Gasteiger partial charge on any atom is -0.474 e. The first kappa shape index (κ1) is 27.0. The van der Waals surface area contributed by atoms with Crippen LogP contribution in [0.2, 0.25) is 0 Å². The Balaban J connectivity index is 1.65. The maximum absolute atomic E-state index is 14.4. The molecular formula is C24H32FN3O6S. The van der Waals surface area contributed by atoms with Crippen molar-refractivity contribution in [1.82, 2.24) is 14.9 Å². The van der Waals surface area contributed by atoms with Gasteiger partial charge in [0.05, 0.1) is 16.1 Å². The number of ether oxygens (including phenoxy) is 3. The van der Waals surface area contributed by atoms with Crippen LogP contribution in [0.3, 0.4) is 0 Å². The van der Waals surface area contributed by atoms with Crippen molar-refractivity contribution in [2.75, 3.05) is 19.3 Å². The third kappa shape index (κ3) is 7.42. The Morgan fingerprint density at radius 2 is 1.86 bits per heavy atom. The molecule has 1 fully saturated rings. The molecule has 1 aliphatic rings. The lowest BCUT2D eigenvalue weighted by Gasteiger charge is -2.39. The van der Waals surface area contributed by atoms with Crippen molar-refractivity contribution >= 4 is 16.1 Å². The second-order valence-electron chi connectivity index (χ2n) is 9.52. The fourth-order valence-corrected chi connectivity index (χ4v) is 4.37. The molecule has 192 valence electrons. The number of benzene rings is 1. The number of hydrogen-bond donors (Lipinski definition) is 0. The molecule has 0 N–H and O–H groups in total. The van der Waals surface area contributed by atoms with E-state index in [0.29, 0.717) is 43.8 Å². The van der Waals surface area contributed by atoms with Gasteiger partial charge < -0.3 is 19.0 Å². The van der Waals surface area contributed by atoms with Crippen molar-refractivity contribution in [1.29, 1.82) is 0 Å². The number of carbonyl (C=O) groups excluding carboxylic acids is 1. The zero-order chi connectivity index (χ0) is 25.8. The van der Waals surface area contributed by atoms with Crippen LogP contribution in [0.25, 0.3) is 0 Å². The lowest BCUT2D eigenvalue weighted by atomic mass is 10.1. The molecule has 11 heteroatoms. The summed E-state index contributed by atoms with van der Waals surface area (Å²) < 4.78 is 55.4. The lowest BCUT2D eigenvalue weighted by Crippen LogP contribution is -2.47. The number of aromatic nitrogens is 2. The first-order chi connectivity index (χ1) is 16.4. The SMILES string of the molecule is Cc1c(Oc2ccc(S(C)(=O)=O)cc2F)ncnc1OC1CCN(C(CC=O)OC(C)(C)C)CC1. The van der Waals surface area contributed by atoms with Gasteiger partial charge in [-0.2, -0.15) is 0 Å². The molecule has 3 rings (SSSR count). The number of carbonyl (C=O) groups is 1. The summed E-state index contributed by atoms with van der Waals surface area (Å²) in [5.41, 5.74) is 0.136. The molecule has 0 amide bonds. The van der Waals surface area contributed by atoms with Crippen LogP contribution in [0.15, 0.2) is 29.4 Å². The van der Waals surface area contributed by atoms with E-state index >= 15 is 0 Å². The predicted octanol–water partition coefficient (Wildman–Crippen LogP) is 3.69. The zero-order valence-corrected chi connectivity index (χ0v) is 21.5. The molecule has 0 radical (unpaired) electrons. The van der Waals surface area contributed by atoms with Crippen molar-refractivity contribution in [3.05, 3.63) is 35.9 Å². The summed E-state index contributed by atoms with van der Waals surface area (Å²) >= 11 is 0. The molecule has 1 aromatic carbocycles. The third-order valence-electron chi connectivity index (χ3n) is 5.48. The van der Waals surface area contributed by atoms with Gasteiger partial charge in [0.1, 0.15) is 24.9 Å². The Bertz CT molecular complexity index is 1140. The van der Waals surface area contributed by atoms with Gasteiger partial charge in [0, 0.05) is 25.8 Å². The van der Waals surface area contributed by atoms with Gasteiger partial charge in [0.25, 0.3) is 0 Å². The largest absolute Gasteiger partial charge is 0.474 e. The fraction of sp³-hybridized carbons (Fsp3) is 0.542. The lowest BCUT2D eigenvalue weighted by molar-refractivity contribution is -0.148. The van der Waals surface area contributed by atoms with Crippen LogP contribution in [-0.4, -0.2) is 66.9 Å². The number of aldehydes is 1. The van der Waals surface area contributed by atoms with E-state index in [4.69, 9.17) is 14.2 Å². The number of sulfone groups is 1. The molecule has 9 nitrogen and oxygen atoms in total. The summed E-state index contributed by atoms with van der Waals surface area (Å²) in [5.74, 6) is -0.526. The summed E-state index contributed by atoms with van der Waals surface area (Å²) in [6.07, 6.45) is 4.49. The number of nitrogens with zero attached hydrogens (tertiary/aromatic N) is 3. The van der Waals surface area contributed by atoms with Crippen molar-refractivity contribution < 1.29 is 31.8 Å². The van der Waals surface area contributed by atoms with Gasteiger partial charge in [0.15, 0.2) is 21.4 Å². The van der Waals surface area contributed by atoms with Gasteiger partial charge in [-0.15, -0.1) is 0 Å². The highest BCUT2D eigenvalue weighted by molar-refractivity contribution is 7.90. The van der Waals surface area contributed by atoms with Crippen LogP contribution in [0, 0.1) is 12.7 Å². The number of halogens is 1. The molecule has 1 aromatic heterocycles. The fourth-order valence-electron chi connectivity index (χ4n) is 3.74. The Morgan fingerprint density at radius 1 is 1.20 bits per heavy atom. The first-order valence-electron chi connectivity index (χ1n) is 11.4. The maximum Gasteiger partial charge on any atom is 0.229 e. The quantitative estimate of drug-likeness (QED) is 0.468. The summed E-state index contributed by atoms with van der Waals surface area (Å²) in [7, 11) is -3.54. The van der Waals surface area contributed by atoms with Crippen LogP contribution in [0.5, 0.6) is 17.5 Å². The van der Waals surface area contributed by atoms with Gasteiger partial charge in [-0.05, 0) is 58.7 Å². The van der Waals surface area contributed by atoms with E-state index in [-0.39, 0.29) is 34.5 Å². The van der Waals surface area contributed by atoms with Crippen LogP contribution in [-0.2, 0) is 19.4 Å². The van der Waals surface area contributed by atoms with E-state index in [2.05, 4.69) is 14.9 Å². The average molecular weight is 510 g/mol. The summed E-state index contributed by atoms with van der Waals surface area (Å²) in [4.78, 5) is 21.4. The molecule has 0 bridgehead atoms. The third-order valence-corrected chi connectivity index (χ3v) is 6.59. The highest BCUT2D eigenvalue weighted by Gasteiger charge is 2.30. The van der Waals surface area contributed by atoms with Gasteiger partial charge in [-0.3, -0.25) is 4.90 Å². The van der Waals surface area contributed by atoms with E-state index in [1.807, 2.05) is 20.8 Å². The molecule has 1 unspecified atom stereocenters. The zero-order valence-electron chi connectivity index (χ0n) is 20.7. The van der Waals surface area contributed by atoms with Crippen molar-refractivity contribution in [3.8, 4) is 17.5 Å². The molecule has 0 saturated carbocycles. The van der Waals surface area contributed by atoms with Gasteiger partial charge >= 0.3 is 0 Å². The highest BCUT2D eigenvalue weighted by Crippen LogP contribution is 2.31. The Hall–Kier alpha value is -2.63. The monoisotopic (exact) mass is 509 g/mol. The van der Waals surface area contributed by atoms with Crippen LogP contribution in [0.4, 0.5) is 4.39 Å². The molecule has 1 atom stereocenters. The highest BCUT2D eigenvalue weighted by atomic mass is 32.2. The minimum atomic E-state index is -3.54. The molecule has 0 spiro atoms. The van der Waals surface area contributed by atoms with Gasteiger partial charge in [0.2, 0.25) is 11.8 Å². The van der Waals surface area contributed by atoms with Crippen LogP contribution in [0.1, 0.15) is 45.6 Å². The average Bonchev–Trinajstić information content (AvgIpc) is 2.76. The van der Waals surface area contributed by atoms with Gasteiger partial charge in [-0.1, -0.05) is 0 Å². The molecule has 1 saturated heterocycles. The summed E-state index contributed by atoms with van der Waals surface area (Å²) in [5, 5.41) is 0. The Morgan fingerprint density at radius 3 is 2.43 bits per heavy atom. The number of likely N-dealkylation sites (tertiary alicyclic amines) is 1. The number of rotatable bonds is 9. The normalized spacial score (nSPS) is 16.6. The Labute approximate surface area is 205 Å². The minimum absolute atomic E-state index is 0.106. The van der Waals surface area contributed by atoms with Crippen molar-refractivity contribution in [2.24, 2.45) is 0 Å². The van der Waals surface area contributed by atoms with E-state index < -0.39 is 15.7 Å². The molecule has 1 aliphatic heterocycles. The summed E-state index contributed by atoms with van der Waals surface area (Å²) in [6.45, 7) is 8.99. The van der Waals surface area contributed by atoms with Crippen LogP contribution >= 0.6 is 0 Å². The van der Waals surface area contributed by atoms with Gasteiger partial charge in [-0.25, -0.2) is 22.8 Å². The van der Waals surface area contributed by atoms with E-state index in [0.717, 1.165) is 18.6 Å². The first-order valence-corrected chi connectivity index (χ1v) is 13.3.